The largest absolute Gasteiger partial charge is 0.364 e. The number of pyridine rings is 1. The minimum atomic E-state index is -3.09. The van der Waals surface area contributed by atoms with Crippen LogP contribution in [0.15, 0.2) is 42.7 Å². The number of nitrogens with two attached hydrogens (primary N) is 1. The number of hydrogen-bond donors (Lipinski definition) is 2. The summed E-state index contributed by atoms with van der Waals surface area (Å²) >= 11 is 12.5. The van der Waals surface area contributed by atoms with Gasteiger partial charge in [-0.25, -0.2) is 18.1 Å². The van der Waals surface area contributed by atoms with Crippen molar-refractivity contribution >= 4 is 56.2 Å². The van der Waals surface area contributed by atoms with E-state index in [0.29, 0.717) is 27.1 Å². The summed E-state index contributed by atoms with van der Waals surface area (Å²) in [5.74, 6) is -1.24. The fourth-order valence-electron chi connectivity index (χ4n) is 3.30. The van der Waals surface area contributed by atoms with Crippen LogP contribution in [0, 0.1) is 0 Å². The number of anilines is 2. The molecule has 2 amide bonds. The fraction of sp³-hybridized carbons (Fsp3) is 0.200. The average molecular weight is 509 g/mol. The Kier molecular flexibility index (Phi) is 6.28. The molecule has 0 spiro atoms. The number of carbonyl (C=O) groups is 2. The van der Waals surface area contributed by atoms with E-state index >= 15 is 0 Å². The van der Waals surface area contributed by atoms with Crippen LogP contribution in [0.3, 0.4) is 0 Å². The Balaban J connectivity index is 1.55. The van der Waals surface area contributed by atoms with Gasteiger partial charge in [0.15, 0.2) is 15.5 Å². The van der Waals surface area contributed by atoms with Gasteiger partial charge >= 0.3 is 0 Å². The van der Waals surface area contributed by atoms with Crippen molar-refractivity contribution in [2.75, 3.05) is 29.9 Å². The van der Waals surface area contributed by atoms with E-state index in [1.807, 2.05) is 0 Å². The van der Waals surface area contributed by atoms with Crippen LogP contribution >= 0.6 is 23.2 Å². The van der Waals surface area contributed by atoms with Crippen LogP contribution in [0.1, 0.15) is 21.0 Å². The van der Waals surface area contributed by atoms with Crippen molar-refractivity contribution < 1.29 is 18.0 Å². The van der Waals surface area contributed by atoms with E-state index in [1.54, 1.807) is 24.3 Å². The van der Waals surface area contributed by atoms with Crippen molar-refractivity contribution in [1.82, 2.24) is 19.7 Å². The normalized spacial score (nSPS) is 15.3. The van der Waals surface area contributed by atoms with E-state index in [-0.39, 0.29) is 41.9 Å². The van der Waals surface area contributed by atoms with E-state index in [9.17, 15) is 18.0 Å². The Labute approximate surface area is 199 Å². The van der Waals surface area contributed by atoms with Gasteiger partial charge in [-0.3, -0.25) is 9.59 Å². The molecule has 3 aromatic rings. The predicted octanol–water partition coefficient (Wildman–Crippen LogP) is 2.29. The summed E-state index contributed by atoms with van der Waals surface area (Å²) in [5.41, 5.74) is 6.76. The van der Waals surface area contributed by atoms with Gasteiger partial charge in [0, 0.05) is 13.1 Å². The maximum absolute atomic E-state index is 12.6. The third kappa shape index (κ3) is 4.95. The molecule has 0 radical (unpaired) electrons. The fourth-order valence-corrected chi connectivity index (χ4v) is 5.07. The highest BCUT2D eigenvalue weighted by atomic mass is 35.5. The SMILES string of the molecule is NC(=O)c1nn(-c2c(Cl)cccc2Cl)cc1Nc1ccc(C(=O)N2CCS(=O)(=O)CC2)nc1. The van der Waals surface area contributed by atoms with E-state index in [0.717, 1.165) is 0 Å². The molecule has 3 heterocycles. The van der Waals surface area contributed by atoms with Crippen LogP contribution in [0.5, 0.6) is 0 Å². The zero-order chi connectivity index (χ0) is 23.8. The number of sulfone groups is 1. The second kappa shape index (κ2) is 9.00. The van der Waals surface area contributed by atoms with Gasteiger partial charge in [-0.05, 0) is 24.3 Å². The third-order valence-corrected chi connectivity index (χ3v) is 7.23. The molecule has 4 rings (SSSR count). The lowest BCUT2D eigenvalue weighted by Crippen LogP contribution is -2.43. The number of hydrogen-bond acceptors (Lipinski definition) is 7. The first kappa shape index (κ1) is 23.0. The topological polar surface area (TPSA) is 140 Å². The van der Waals surface area contributed by atoms with Gasteiger partial charge in [0.1, 0.15) is 11.4 Å². The number of primary amides is 1. The van der Waals surface area contributed by atoms with Crippen LogP contribution in [0.25, 0.3) is 5.69 Å². The summed E-state index contributed by atoms with van der Waals surface area (Å²) in [5, 5.41) is 7.87. The molecule has 0 aliphatic carbocycles. The number of rotatable bonds is 5. The van der Waals surface area contributed by atoms with Gasteiger partial charge in [-0.1, -0.05) is 29.3 Å². The highest BCUT2D eigenvalue weighted by Gasteiger charge is 2.26. The first-order valence-electron chi connectivity index (χ1n) is 9.71. The van der Waals surface area contributed by atoms with Crippen molar-refractivity contribution in [3.63, 3.8) is 0 Å². The third-order valence-electron chi connectivity index (χ3n) is 5.01. The molecule has 33 heavy (non-hydrogen) atoms. The zero-order valence-corrected chi connectivity index (χ0v) is 19.4. The monoisotopic (exact) mass is 508 g/mol. The van der Waals surface area contributed by atoms with Crippen LogP contribution in [0.2, 0.25) is 10.0 Å². The Morgan fingerprint density at radius 1 is 1.06 bits per heavy atom. The molecule has 1 saturated heterocycles. The number of carbonyl (C=O) groups excluding carboxylic acids is 2. The lowest BCUT2D eigenvalue weighted by atomic mass is 10.2. The van der Waals surface area contributed by atoms with Crippen LogP contribution in [0.4, 0.5) is 11.4 Å². The summed E-state index contributed by atoms with van der Waals surface area (Å²) in [6.45, 7) is 0.267. The second-order valence-electron chi connectivity index (χ2n) is 7.27. The lowest BCUT2D eigenvalue weighted by Gasteiger charge is -2.26. The Hall–Kier alpha value is -3.15. The van der Waals surface area contributed by atoms with Gasteiger partial charge in [0.25, 0.3) is 11.8 Å². The standard InChI is InChI=1S/C20H18Cl2N6O4S/c21-13-2-1-3-14(22)18(13)28-11-16(17(26-28)19(23)29)25-12-4-5-15(24-10-12)20(30)27-6-8-33(31,32)9-7-27/h1-5,10-11,25H,6-9H2,(H2,23,29). The van der Waals surface area contributed by atoms with Crippen molar-refractivity contribution in [1.29, 1.82) is 0 Å². The molecule has 0 unspecified atom stereocenters. The summed E-state index contributed by atoms with van der Waals surface area (Å²) in [6, 6.07) is 8.07. The first-order chi connectivity index (χ1) is 15.6. The van der Waals surface area contributed by atoms with Gasteiger partial charge in [0.2, 0.25) is 0 Å². The van der Waals surface area contributed by atoms with Gasteiger partial charge in [-0.15, -0.1) is 0 Å². The summed E-state index contributed by atoms with van der Waals surface area (Å²) in [7, 11) is -3.09. The van der Waals surface area contributed by atoms with E-state index in [1.165, 1.54) is 28.0 Å². The molecule has 10 nitrogen and oxygen atoms in total. The number of nitrogens with zero attached hydrogens (tertiary/aromatic N) is 4. The van der Waals surface area contributed by atoms with Gasteiger partial charge in [-0.2, -0.15) is 5.10 Å². The molecule has 0 bridgehead atoms. The lowest BCUT2D eigenvalue weighted by molar-refractivity contribution is 0.0764. The van der Waals surface area contributed by atoms with E-state index in [4.69, 9.17) is 28.9 Å². The van der Waals surface area contributed by atoms with Gasteiger partial charge in [0.05, 0.1) is 45.3 Å². The molecule has 1 aliphatic heterocycles. The molecule has 2 aromatic heterocycles. The van der Waals surface area contributed by atoms with Crippen molar-refractivity contribution in [2.24, 2.45) is 5.73 Å². The number of halogens is 2. The highest BCUT2D eigenvalue weighted by molar-refractivity contribution is 7.91. The molecule has 1 fully saturated rings. The minimum Gasteiger partial charge on any atom is -0.364 e. The molecule has 0 saturated carbocycles. The maximum Gasteiger partial charge on any atom is 0.272 e. The highest BCUT2D eigenvalue weighted by Crippen LogP contribution is 2.30. The van der Waals surface area contributed by atoms with Crippen molar-refractivity contribution in [2.45, 2.75) is 0 Å². The minimum absolute atomic E-state index is 0.0411. The van der Waals surface area contributed by atoms with Gasteiger partial charge < -0.3 is 16.0 Å². The molecular weight excluding hydrogens is 491 g/mol. The number of amides is 2. The first-order valence-corrected chi connectivity index (χ1v) is 12.3. The summed E-state index contributed by atoms with van der Waals surface area (Å²) < 4.78 is 24.5. The number of aromatic nitrogens is 3. The van der Waals surface area contributed by atoms with E-state index in [2.05, 4.69) is 15.4 Å². The molecular formula is C20H18Cl2N6O4S. The summed E-state index contributed by atoms with van der Waals surface area (Å²) in [4.78, 5) is 30.1. The maximum atomic E-state index is 12.6. The van der Waals surface area contributed by atoms with Crippen LogP contribution in [-0.4, -0.2) is 64.5 Å². The Morgan fingerprint density at radius 3 is 2.30 bits per heavy atom. The number of para-hydroxylation sites is 1. The molecule has 172 valence electrons. The molecule has 1 aliphatic rings. The summed E-state index contributed by atoms with van der Waals surface area (Å²) in [6.07, 6.45) is 2.93. The average Bonchev–Trinajstić information content (AvgIpc) is 3.17. The number of benzene rings is 1. The number of nitrogens with one attached hydrogen (secondary N) is 1. The Bertz CT molecular complexity index is 1310. The molecule has 3 N–H and O–H groups in total. The van der Waals surface area contributed by atoms with Crippen LogP contribution < -0.4 is 11.1 Å². The Morgan fingerprint density at radius 2 is 1.73 bits per heavy atom. The zero-order valence-electron chi connectivity index (χ0n) is 17.0. The van der Waals surface area contributed by atoms with Crippen molar-refractivity contribution in [3.8, 4) is 5.69 Å². The molecule has 1 aromatic carbocycles. The smallest absolute Gasteiger partial charge is 0.272 e. The molecule has 13 heteroatoms. The molecule has 0 atom stereocenters. The van der Waals surface area contributed by atoms with E-state index < -0.39 is 15.7 Å². The predicted molar refractivity (Wildman–Crippen MR) is 124 cm³/mol. The van der Waals surface area contributed by atoms with Crippen LogP contribution in [-0.2, 0) is 9.84 Å². The van der Waals surface area contributed by atoms with Crippen molar-refractivity contribution in [3.05, 3.63) is 64.2 Å². The second-order valence-corrected chi connectivity index (χ2v) is 10.4. The quantitative estimate of drug-likeness (QED) is 0.538.